The lowest BCUT2D eigenvalue weighted by atomic mass is 10.2. The molecule has 0 spiro atoms. The molecule has 2 nitrogen and oxygen atoms in total. The van der Waals surface area contributed by atoms with Gasteiger partial charge in [-0.3, -0.25) is 4.40 Å². The first-order valence-electron chi connectivity index (χ1n) is 4.93. The molecule has 2 heterocycles. The summed E-state index contributed by atoms with van der Waals surface area (Å²) in [6.07, 6.45) is 5.18. The zero-order valence-electron chi connectivity index (χ0n) is 8.83. The Hall–Kier alpha value is -0.800. The molecular formula is C11H13ClN2S. The number of hydrogen-bond acceptors (Lipinski definition) is 2. The van der Waals surface area contributed by atoms with E-state index in [0.717, 1.165) is 22.8 Å². The zero-order valence-corrected chi connectivity index (χ0v) is 10.4. The van der Waals surface area contributed by atoms with Crippen LogP contribution < -0.4 is 0 Å². The monoisotopic (exact) mass is 240 g/mol. The Balaban J connectivity index is 2.54. The topological polar surface area (TPSA) is 17.3 Å². The Kier molecular flexibility index (Phi) is 3.12. The predicted molar refractivity (Wildman–Crippen MR) is 66.8 cm³/mol. The molecule has 0 unspecified atom stereocenters. The van der Waals surface area contributed by atoms with Crippen LogP contribution in [0.5, 0.6) is 0 Å². The van der Waals surface area contributed by atoms with E-state index in [9.17, 15) is 0 Å². The van der Waals surface area contributed by atoms with Gasteiger partial charge in [-0.2, -0.15) is 0 Å². The summed E-state index contributed by atoms with van der Waals surface area (Å²) < 4.78 is 2.11. The molecule has 2 aromatic rings. The van der Waals surface area contributed by atoms with E-state index in [-0.39, 0.29) is 0 Å². The maximum atomic E-state index is 5.87. The Morgan fingerprint density at radius 3 is 3.13 bits per heavy atom. The van der Waals surface area contributed by atoms with Crippen molar-refractivity contribution in [1.29, 1.82) is 0 Å². The van der Waals surface area contributed by atoms with Gasteiger partial charge in [0.15, 0.2) is 4.96 Å². The van der Waals surface area contributed by atoms with Gasteiger partial charge in [0.1, 0.15) is 0 Å². The molecule has 0 saturated carbocycles. The van der Waals surface area contributed by atoms with Crippen LogP contribution in [0.15, 0.2) is 17.2 Å². The molecule has 4 heteroatoms. The van der Waals surface area contributed by atoms with Crippen molar-refractivity contribution in [3.8, 4) is 0 Å². The third-order valence-electron chi connectivity index (χ3n) is 2.45. The molecule has 0 N–H and O–H groups in total. The van der Waals surface area contributed by atoms with E-state index in [1.165, 1.54) is 5.57 Å². The number of fused-ring (bicyclic) bond motifs is 1. The van der Waals surface area contributed by atoms with E-state index < -0.39 is 0 Å². The molecule has 80 valence electrons. The zero-order chi connectivity index (χ0) is 10.8. The van der Waals surface area contributed by atoms with Crippen molar-refractivity contribution in [2.24, 2.45) is 0 Å². The van der Waals surface area contributed by atoms with Gasteiger partial charge in [-0.25, -0.2) is 4.98 Å². The van der Waals surface area contributed by atoms with Gasteiger partial charge >= 0.3 is 0 Å². The summed E-state index contributed by atoms with van der Waals surface area (Å²) in [6.45, 7) is 4.16. The van der Waals surface area contributed by atoms with Crippen LogP contribution in [0.3, 0.4) is 0 Å². The first-order valence-corrected chi connectivity index (χ1v) is 6.35. The Labute approximate surface area is 98.2 Å². The van der Waals surface area contributed by atoms with E-state index in [2.05, 4.69) is 22.4 Å². The number of rotatable bonds is 3. The molecule has 0 bridgehead atoms. The van der Waals surface area contributed by atoms with Crippen LogP contribution in [-0.4, -0.2) is 15.3 Å². The summed E-state index contributed by atoms with van der Waals surface area (Å²) in [7, 11) is 0. The molecule has 0 aliphatic carbocycles. The molecule has 0 aromatic carbocycles. The number of hydrogen-bond donors (Lipinski definition) is 0. The summed E-state index contributed by atoms with van der Waals surface area (Å²) in [6, 6.07) is 0. The molecule has 2 aromatic heterocycles. The number of aromatic nitrogens is 2. The first kappa shape index (κ1) is 10.7. The Morgan fingerprint density at radius 1 is 1.67 bits per heavy atom. The van der Waals surface area contributed by atoms with Crippen molar-refractivity contribution >= 4 is 34.0 Å². The minimum atomic E-state index is 0.591. The fourth-order valence-electron chi connectivity index (χ4n) is 1.51. The second kappa shape index (κ2) is 4.37. The maximum Gasteiger partial charge on any atom is 0.194 e. The number of alkyl halides is 1. The van der Waals surface area contributed by atoms with Crippen LogP contribution in [0.4, 0.5) is 0 Å². The molecule has 0 aliphatic heterocycles. The minimum Gasteiger partial charge on any atom is -0.291 e. The van der Waals surface area contributed by atoms with Gasteiger partial charge in [0, 0.05) is 17.5 Å². The first-order chi connectivity index (χ1) is 7.26. The van der Waals surface area contributed by atoms with Gasteiger partial charge in [0.05, 0.1) is 11.4 Å². The SMILES string of the molecule is CC/C(=C/c1c(C)nc2sccn12)CCl. The standard InChI is InChI=1S/C11H13ClN2S/c1-3-9(7-12)6-10-8(2)13-11-14(10)4-5-15-11/h4-6H,3,7H2,1-2H3/b9-6-. The smallest absolute Gasteiger partial charge is 0.194 e. The highest BCUT2D eigenvalue weighted by Gasteiger charge is 2.07. The van der Waals surface area contributed by atoms with Gasteiger partial charge in [0.25, 0.3) is 0 Å². The third-order valence-corrected chi connectivity index (χ3v) is 3.55. The number of aryl methyl sites for hydroxylation is 1. The van der Waals surface area contributed by atoms with Crippen molar-refractivity contribution in [1.82, 2.24) is 9.38 Å². The van der Waals surface area contributed by atoms with E-state index in [0.29, 0.717) is 5.88 Å². The molecule has 15 heavy (non-hydrogen) atoms. The lowest BCUT2D eigenvalue weighted by Crippen LogP contribution is -1.88. The second-order valence-electron chi connectivity index (χ2n) is 3.43. The molecule has 0 atom stereocenters. The number of halogens is 1. The van der Waals surface area contributed by atoms with Crippen molar-refractivity contribution in [3.05, 3.63) is 28.5 Å². The average Bonchev–Trinajstić information content (AvgIpc) is 2.77. The fourth-order valence-corrected chi connectivity index (χ4v) is 2.55. The van der Waals surface area contributed by atoms with Crippen LogP contribution in [0.1, 0.15) is 24.7 Å². The van der Waals surface area contributed by atoms with Crippen molar-refractivity contribution in [2.45, 2.75) is 20.3 Å². The summed E-state index contributed by atoms with van der Waals surface area (Å²) in [5, 5.41) is 2.05. The third kappa shape index (κ3) is 1.94. The fraction of sp³-hybridized carbons (Fsp3) is 0.364. The molecule has 0 saturated heterocycles. The van der Waals surface area contributed by atoms with Crippen molar-refractivity contribution < 1.29 is 0 Å². The van der Waals surface area contributed by atoms with Crippen LogP contribution in [0.25, 0.3) is 11.0 Å². The number of nitrogens with zero attached hydrogens (tertiary/aromatic N) is 2. The van der Waals surface area contributed by atoms with Crippen LogP contribution in [-0.2, 0) is 0 Å². The van der Waals surface area contributed by atoms with Gasteiger partial charge in [-0.05, 0) is 19.4 Å². The maximum absolute atomic E-state index is 5.87. The average molecular weight is 241 g/mol. The molecule has 0 radical (unpaired) electrons. The van der Waals surface area contributed by atoms with Gasteiger partial charge in [-0.15, -0.1) is 22.9 Å². The predicted octanol–water partition coefficient (Wildman–Crippen LogP) is 3.74. The Bertz CT molecular complexity index is 490. The summed E-state index contributed by atoms with van der Waals surface area (Å²) in [4.78, 5) is 5.53. The quantitative estimate of drug-likeness (QED) is 0.748. The molecular weight excluding hydrogens is 228 g/mol. The van der Waals surface area contributed by atoms with Crippen molar-refractivity contribution in [3.63, 3.8) is 0 Å². The van der Waals surface area contributed by atoms with E-state index in [1.54, 1.807) is 11.3 Å². The lowest BCUT2D eigenvalue weighted by molar-refractivity contribution is 1.10. The minimum absolute atomic E-state index is 0.591. The van der Waals surface area contributed by atoms with Crippen LogP contribution in [0, 0.1) is 6.92 Å². The molecule has 0 fully saturated rings. The molecule has 0 aliphatic rings. The normalized spacial score (nSPS) is 12.6. The summed E-state index contributed by atoms with van der Waals surface area (Å²) in [5.41, 5.74) is 3.47. The number of allylic oxidation sites excluding steroid dienone is 1. The lowest BCUT2D eigenvalue weighted by Gasteiger charge is -1.99. The number of thiazole rings is 1. The van der Waals surface area contributed by atoms with Crippen LogP contribution in [0.2, 0.25) is 0 Å². The van der Waals surface area contributed by atoms with E-state index in [1.807, 2.05) is 18.5 Å². The van der Waals surface area contributed by atoms with E-state index in [4.69, 9.17) is 11.6 Å². The number of imidazole rings is 1. The summed E-state index contributed by atoms with van der Waals surface area (Å²) in [5.74, 6) is 0.591. The van der Waals surface area contributed by atoms with Crippen molar-refractivity contribution in [2.75, 3.05) is 5.88 Å². The van der Waals surface area contributed by atoms with Crippen LogP contribution >= 0.6 is 22.9 Å². The molecule has 2 rings (SSSR count). The highest BCUT2D eigenvalue weighted by Crippen LogP contribution is 2.20. The highest BCUT2D eigenvalue weighted by atomic mass is 35.5. The summed E-state index contributed by atoms with van der Waals surface area (Å²) >= 11 is 7.52. The second-order valence-corrected chi connectivity index (χ2v) is 4.57. The van der Waals surface area contributed by atoms with Gasteiger partial charge in [0.2, 0.25) is 0 Å². The highest BCUT2D eigenvalue weighted by molar-refractivity contribution is 7.15. The Morgan fingerprint density at radius 2 is 2.47 bits per heavy atom. The molecule has 0 amide bonds. The van der Waals surface area contributed by atoms with Gasteiger partial charge in [-0.1, -0.05) is 12.5 Å². The van der Waals surface area contributed by atoms with Gasteiger partial charge < -0.3 is 0 Å². The largest absolute Gasteiger partial charge is 0.291 e. The van der Waals surface area contributed by atoms with E-state index >= 15 is 0 Å².